The minimum Gasteiger partial charge on any atom is -0.288 e. The number of carbonyl (C=O) groups excluding carboxylic acids is 1. The molecule has 0 radical (unpaired) electrons. The molecule has 0 spiro atoms. The largest absolute Gasteiger partial charge is 0.288 e. The van der Waals surface area contributed by atoms with E-state index in [9.17, 15) is 4.79 Å². The molecule has 0 fully saturated rings. The van der Waals surface area contributed by atoms with Crippen LogP contribution in [0.15, 0.2) is 59.3 Å². The Morgan fingerprint density at radius 3 is 2.70 bits per heavy atom. The Labute approximate surface area is 125 Å². The van der Waals surface area contributed by atoms with Crippen LogP contribution in [0.5, 0.6) is 0 Å². The Morgan fingerprint density at radius 1 is 1.05 bits per heavy atom. The van der Waals surface area contributed by atoms with Crippen LogP contribution in [0.2, 0.25) is 0 Å². The van der Waals surface area contributed by atoms with Crippen LogP contribution in [0.4, 0.5) is 0 Å². The maximum atomic E-state index is 12.8. The van der Waals surface area contributed by atoms with Crippen LogP contribution in [0.1, 0.15) is 21.5 Å². The normalized spacial score (nSPS) is 10.7. The molecule has 0 bridgehead atoms. The Balaban J connectivity index is 2.20. The average molecular weight is 326 g/mol. The van der Waals surface area contributed by atoms with Crippen molar-refractivity contribution in [3.05, 3.63) is 76.0 Å². The van der Waals surface area contributed by atoms with Crippen molar-refractivity contribution in [1.29, 1.82) is 0 Å². The van der Waals surface area contributed by atoms with Gasteiger partial charge in [0.2, 0.25) is 0 Å². The van der Waals surface area contributed by atoms with E-state index in [0.29, 0.717) is 11.1 Å². The summed E-state index contributed by atoms with van der Waals surface area (Å²) in [7, 11) is 0. The van der Waals surface area contributed by atoms with Crippen LogP contribution < -0.4 is 0 Å². The van der Waals surface area contributed by atoms with Crippen LogP contribution in [-0.2, 0) is 0 Å². The fourth-order valence-corrected chi connectivity index (χ4v) is 2.68. The van der Waals surface area contributed by atoms with Gasteiger partial charge < -0.3 is 0 Å². The molecule has 20 heavy (non-hydrogen) atoms. The predicted octanol–water partition coefficient (Wildman–Crippen LogP) is 4.54. The molecule has 0 aliphatic carbocycles. The van der Waals surface area contributed by atoms with Crippen LogP contribution in [0.25, 0.3) is 10.8 Å². The Morgan fingerprint density at radius 2 is 1.85 bits per heavy atom. The molecule has 3 heteroatoms. The van der Waals surface area contributed by atoms with Crippen LogP contribution >= 0.6 is 15.9 Å². The smallest absolute Gasteiger partial charge is 0.196 e. The standard InChI is InChI=1S/C17H12BrNO/c1-11-6-7-16(18)14(8-11)17(20)15-10-19-9-12-4-2-3-5-13(12)15/h2-10H,1H3. The lowest BCUT2D eigenvalue weighted by molar-refractivity contribution is 0.103. The first-order valence-electron chi connectivity index (χ1n) is 6.30. The van der Waals surface area contributed by atoms with E-state index < -0.39 is 0 Å². The van der Waals surface area contributed by atoms with E-state index in [0.717, 1.165) is 20.8 Å². The zero-order chi connectivity index (χ0) is 14.1. The van der Waals surface area contributed by atoms with Crippen molar-refractivity contribution in [3.8, 4) is 0 Å². The van der Waals surface area contributed by atoms with E-state index >= 15 is 0 Å². The monoisotopic (exact) mass is 325 g/mol. The summed E-state index contributed by atoms with van der Waals surface area (Å²) in [5.74, 6) is -0.00937. The third-order valence-corrected chi connectivity index (χ3v) is 3.97. The van der Waals surface area contributed by atoms with Gasteiger partial charge in [-0.3, -0.25) is 9.78 Å². The van der Waals surface area contributed by atoms with Crippen molar-refractivity contribution in [2.24, 2.45) is 0 Å². The highest BCUT2D eigenvalue weighted by atomic mass is 79.9. The Bertz CT molecular complexity index is 806. The number of halogens is 1. The van der Waals surface area contributed by atoms with Crippen LogP contribution in [0, 0.1) is 6.92 Å². The molecule has 3 aromatic rings. The summed E-state index contributed by atoms with van der Waals surface area (Å²) in [6.07, 6.45) is 3.41. The zero-order valence-electron chi connectivity index (χ0n) is 10.9. The van der Waals surface area contributed by atoms with Crippen LogP contribution in [0.3, 0.4) is 0 Å². The maximum absolute atomic E-state index is 12.8. The molecule has 0 saturated heterocycles. The summed E-state index contributed by atoms with van der Waals surface area (Å²) in [4.78, 5) is 16.9. The number of hydrogen-bond acceptors (Lipinski definition) is 2. The summed E-state index contributed by atoms with van der Waals surface area (Å²) < 4.78 is 0.807. The first kappa shape index (κ1) is 13.0. The number of rotatable bonds is 2. The predicted molar refractivity (Wildman–Crippen MR) is 84.1 cm³/mol. The van der Waals surface area contributed by atoms with E-state index in [1.165, 1.54) is 0 Å². The summed E-state index contributed by atoms with van der Waals surface area (Å²) in [5.41, 5.74) is 2.36. The summed E-state index contributed by atoms with van der Waals surface area (Å²) >= 11 is 3.45. The zero-order valence-corrected chi connectivity index (χ0v) is 12.5. The number of hydrogen-bond donors (Lipinski definition) is 0. The number of aromatic nitrogens is 1. The molecule has 2 nitrogen and oxygen atoms in total. The number of pyridine rings is 1. The number of ketones is 1. The average Bonchev–Trinajstić information content (AvgIpc) is 2.48. The van der Waals surface area contributed by atoms with Gasteiger partial charge in [-0.05, 0) is 24.4 Å². The molecule has 0 saturated carbocycles. The topological polar surface area (TPSA) is 30.0 Å². The molecular weight excluding hydrogens is 314 g/mol. The van der Waals surface area contributed by atoms with Crippen molar-refractivity contribution in [3.63, 3.8) is 0 Å². The van der Waals surface area contributed by atoms with Gasteiger partial charge in [0.05, 0.1) is 0 Å². The van der Waals surface area contributed by atoms with Crippen molar-refractivity contribution in [1.82, 2.24) is 4.98 Å². The highest BCUT2D eigenvalue weighted by Gasteiger charge is 2.15. The van der Waals surface area contributed by atoms with Gasteiger partial charge in [0.15, 0.2) is 5.78 Å². The minimum atomic E-state index is -0.00937. The number of nitrogens with zero attached hydrogens (tertiary/aromatic N) is 1. The molecule has 0 aliphatic rings. The summed E-state index contributed by atoms with van der Waals surface area (Å²) in [6, 6.07) is 13.6. The van der Waals surface area contributed by atoms with Gasteiger partial charge in [-0.2, -0.15) is 0 Å². The second kappa shape index (κ2) is 5.17. The first-order valence-corrected chi connectivity index (χ1v) is 7.10. The summed E-state index contributed by atoms with van der Waals surface area (Å²) in [6.45, 7) is 1.98. The Kier molecular flexibility index (Phi) is 3.36. The molecule has 0 amide bonds. The third-order valence-electron chi connectivity index (χ3n) is 3.28. The number of benzene rings is 2. The molecule has 98 valence electrons. The van der Waals surface area contributed by atoms with E-state index in [4.69, 9.17) is 0 Å². The highest BCUT2D eigenvalue weighted by molar-refractivity contribution is 9.10. The quantitative estimate of drug-likeness (QED) is 0.647. The lowest BCUT2D eigenvalue weighted by atomic mass is 9.99. The second-order valence-electron chi connectivity index (χ2n) is 4.72. The lowest BCUT2D eigenvalue weighted by Crippen LogP contribution is -2.04. The molecule has 1 heterocycles. The van der Waals surface area contributed by atoms with Gasteiger partial charge in [-0.1, -0.05) is 51.8 Å². The van der Waals surface area contributed by atoms with Crippen molar-refractivity contribution in [2.75, 3.05) is 0 Å². The van der Waals surface area contributed by atoms with Gasteiger partial charge in [0.25, 0.3) is 0 Å². The fraction of sp³-hybridized carbons (Fsp3) is 0.0588. The minimum absolute atomic E-state index is 0.00937. The van der Waals surface area contributed by atoms with E-state index in [-0.39, 0.29) is 5.78 Å². The number of aryl methyl sites for hydroxylation is 1. The second-order valence-corrected chi connectivity index (χ2v) is 5.57. The molecule has 0 aliphatic heterocycles. The van der Waals surface area contributed by atoms with Crippen molar-refractivity contribution < 1.29 is 4.79 Å². The summed E-state index contributed by atoms with van der Waals surface area (Å²) in [5, 5.41) is 1.91. The maximum Gasteiger partial charge on any atom is 0.196 e. The van der Waals surface area contributed by atoms with E-state index in [1.807, 2.05) is 49.4 Å². The van der Waals surface area contributed by atoms with E-state index in [2.05, 4.69) is 20.9 Å². The molecular formula is C17H12BrNO. The molecule has 1 aromatic heterocycles. The fourth-order valence-electron chi connectivity index (χ4n) is 2.26. The lowest BCUT2D eigenvalue weighted by Gasteiger charge is -2.07. The number of carbonyl (C=O) groups is 1. The third kappa shape index (κ3) is 2.25. The van der Waals surface area contributed by atoms with Gasteiger partial charge in [0, 0.05) is 33.4 Å². The molecule has 3 rings (SSSR count). The van der Waals surface area contributed by atoms with Gasteiger partial charge in [-0.25, -0.2) is 0 Å². The van der Waals surface area contributed by atoms with E-state index in [1.54, 1.807) is 12.4 Å². The van der Waals surface area contributed by atoms with Gasteiger partial charge in [-0.15, -0.1) is 0 Å². The van der Waals surface area contributed by atoms with Crippen molar-refractivity contribution in [2.45, 2.75) is 6.92 Å². The molecule has 0 N–H and O–H groups in total. The van der Waals surface area contributed by atoms with Gasteiger partial charge in [0.1, 0.15) is 0 Å². The number of fused-ring (bicyclic) bond motifs is 1. The van der Waals surface area contributed by atoms with Crippen molar-refractivity contribution >= 4 is 32.5 Å². The molecule has 0 atom stereocenters. The van der Waals surface area contributed by atoms with Crippen LogP contribution in [-0.4, -0.2) is 10.8 Å². The SMILES string of the molecule is Cc1ccc(Br)c(C(=O)c2cncc3ccccc23)c1. The highest BCUT2D eigenvalue weighted by Crippen LogP contribution is 2.25. The first-order chi connectivity index (χ1) is 9.66. The van der Waals surface area contributed by atoms with Gasteiger partial charge >= 0.3 is 0 Å². The Hall–Kier alpha value is -2.00. The molecule has 0 unspecified atom stereocenters. The molecule has 2 aromatic carbocycles.